The molecule has 1 atom stereocenters. The molecular formula is C15H21N3O3. The van der Waals surface area contributed by atoms with Crippen molar-refractivity contribution in [2.24, 2.45) is 5.73 Å². The number of benzene rings is 1. The summed E-state index contributed by atoms with van der Waals surface area (Å²) in [5.41, 5.74) is 9.07. The first-order valence-electron chi connectivity index (χ1n) is 6.98. The van der Waals surface area contributed by atoms with Crippen LogP contribution in [0.1, 0.15) is 36.4 Å². The lowest BCUT2D eigenvalue weighted by Crippen LogP contribution is -2.35. The number of carbonyl (C=O) groups excluding carboxylic acids is 2. The van der Waals surface area contributed by atoms with Gasteiger partial charge in [-0.3, -0.25) is 4.79 Å². The third kappa shape index (κ3) is 3.72. The fraction of sp³-hybridized carbons (Fsp3) is 0.467. The van der Waals surface area contributed by atoms with E-state index in [2.05, 4.69) is 10.1 Å². The van der Waals surface area contributed by atoms with E-state index in [-0.39, 0.29) is 18.0 Å². The normalized spacial score (nSPS) is 15.2. The van der Waals surface area contributed by atoms with Crippen LogP contribution in [0.2, 0.25) is 0 Å². The Morgan fingerprint density at radius 1 is 1.52 bits per heavy atom. The number of ether oxygens (including phenoxy) is 1. The van der Waals surface area contributed by atoms with E-state index >= 15 is 0 Å². The van der Waals surface area contributed by atoms with Gasteiger partial charge < -0.3 is 20.7 Å². The van der Waals surface area contributed by atoms with Crippen molar-refractivity contribution in [2.75, 3.05) is 19.5 Å². The molecule has 0 radical (unpaired) electrons. The van der Waals surface area contributed by atoms with Gasteiger partial charge >= 0.3 is 12.0 Å². The molecule has 0 aliphatic carbocycles. The minimum atomic E-state index is -0.211. The number of nitrogens with two attached hydrogens (primary N) is 1. The Morgan fingerprint density at radius 3 is 3.00 bits per heavy atom. The summed E-state index contributed by atoms with van der Waals surface area (Å²) in [7, 11) is 3.14. The zero-order valence-corrected chi connectivity index (χ0v) is 12.4. The number of rotatable bonds is 5. The molecule has 1 aliphatic heterocycles. The van der Waals surface area contributed by atoms with Gasteiger partial charge in [0.25, 0.3) is 0 Å². The maximum atomic E-state index is 11.6. The largest absolute Gasteiger partial charge is 0.469 e. The molecule has 2 amide bonds. The molecule has 0 fully saturated rings. The molecule has 0 aromatic heterocycles. The lowest BCUT2D eigenvalue weighted by Gasteiger charge is -2.27. The van der Waals surface area contributed by atoms with Gasteiger partial charge in [0.05, 0.1) is 7.11 Å². The second-order valence-corrected chi connectivity index (χ2v) is 5.28. The van der Waals surface area contributed by atoms with Crippen LogP contribution in [-0.4, -0.2) is 31.1 Å². The summed E-state index contributed by atoms with van der Waals surface area (Å²) in [5.74, 6) is -0.211. The quantitative estimate of drug-likeness (QED) is 0.813. The van der Waals surface area contributed by atoms with Crippen molar-refractivity contribution in [3.05, 3.63) is 29.3 Å². The van der Waals surface area contributed by atoms with Gasteiger partial charge in [-0.25, -0.2) is 4.79 Å². The number of amides is 2. The molecule has 1 aromatic rings. The van der Waals surface area contributed by atoms with Crippen molar-refractivity contribution in [2.45, 2.75) is 31.8 Å². The van der Waals surface area contributed by atoms with E-state index in [4.69, 9.17) is 5.73 Å². The highest BCUT2D eigenvalue weighted by Gasteiger charge is 2.20. The molecule has 1 unspecified atom stereocenters. The van der Waals surface area contributed by atoms with Crippen LogP contribution in [0.25, 0.3) is 0 Å². The highest BCUT2D eigenvalue weighted by atomic mass is 16.5. The lowest BCUT2D eigenvalue weighted by molar-refractivity contribution is -0.140. The van der Waals surface area contributed by atoms with Gasteiger partial charge in [-0.15, -0.1) is 0 Å². The average molecular weight is 291 g/mol. The molecule has 6 heteroatoms. The number of hydrogen-bond acceptors (Lipinski definition) is 4. The van der Waals surface area contributed by atoms with Gasteiger partial charge in [-0.05, 0) is 30.0 Å². The molecule has 0 bridgehead atoms. The van der Waals surface area contributed by atoms with Gasteiger partial charge in [0.2, 0.25) is 0 Å². The SMILES string of the molecule is COC(=O)CCCC(N)c1ccc2c(c1)CN(C)C(=O)N2. The van der Waals surface area contributed by atoms with Crippen LogP contribution in [0.4, 0.5) is 10.5 Å². The first-order chi connectivity index (χ1) is 10.0. The number of nitrogens with one attached hydrogen (secondary N) is 1. The van der Waals surface area contributed by atoms with Crippen molar-refractivity contribution in [3.8, 4) is 0 Å². The Labute approximate surface area is 124 Å². The first kappa shape index (κ1) is 15.3. The topological polar surface area (TPSA) is 84.7 Å². The van der Waals surface area contributed by atoms with E-state index < -0.39 is 0 Å². The first-order valence-corrected chi connectivity index (χ1v) is 6.98. The van der Waals surface area contributed by atoms with Crippen molar-refractivity contribution in [3.63, 3.8) is 0 Å². The highest BCUT2D eigenvalue weighted by molar-refractivity contribution is 5.92. The Bertz CT molecular complexity index is 545. The molecule has 3 N–H and O–H groups in total. The fourth-order valence-corrected chi connectivity index (χ4v) is 2.37. The number of hydrogen-bond donors (Lipinski definition) is 2. The fourth-order valence-electron chi connectivity index (χ4n) is 2.37. The van der Waals surface area contributed by atoms with Crippen molar-refractivity contribution >= 4 is 17.7 Å². The maximum Gasteiger partial charge on any atom is 0.321 e. The van der Waals surface area contributed by atoms with Crippen molar-refractivity contribution in [1.29, 1.82) is 0 Å². The lowest BCUT2D eigenvalue weighted by atomic mass is 9.98. The van der Waals surface area contributed by atoms with Crippen LogP contribution < -0.4 is 11.1 Å². The molecule has 0 saturated carbocycles. The van der Waals surface area contributed by atoms with E-state index in [0.717, 1.165) is 23.2 Å². The van der Waals surface area contributed by atoms with Gasteiger partial charge in [-0.2, -0.15) is 0 Å². The smallest absolute Gasteiger partial charge is 0.321 e. The Kier molecular flexibility index (Phi) is 4.80. The zero-order valence-electron chi connectivity index (χ0n) is 12.4. The number of methoxy groups -OCH3 is 1. The molecule has 0 saturated heterocycles. The second-order valence-electron chi connectivity index (χ2n) is 5.28. The Balaban J connectivity index is 1.99. The van der Waals surface area contributed by atoms with Gasteiger partial charge in [0.1, 0.15) is 0 Å². The van der Waals surface area contributed by atoms with Crippen LogP contribution in [0.15, 0.2) is 18.2 Å². The summed E-state index contributed by atoms with van der Waals surface area (Å²) < 4.78 is 4.61. The predicted molar refractivity (Wildman–Crippen MR) is 79.7 cm³/mol. The number of anilines is 1. The Morgan fingerprint density at radius 2 is 2.29 bits per heavy atom. The molecule has 1 heterocycles. The summed E-state index contributed by atoms with van der Waals surface area (Å²) in [6.07, 6.45) is 1.80. The second kappa shape index (κ2) is 6.58. The Hall–Kier alpha value is -2.08. The zero-order chi connectivity index (χ0) is 15.4. The number of fused-ring (bicyclic) bond motifs is 1. The number of nitrogens with zero attached hydrogens (tertiary/aromatic N) is 1. The van der Waals surface area contributed by atoms with Gasteiger partial charge in [-0.1, -0.05) is 12.1 Å². The molecule has 114 valence electrons. The van der Waals surface area contributed by atoms with Crippen LogP contribution in [0.5, 0.6) is 0 Å². The third-order valence-electron chi connectivity index (χ3n) is 3.68. The summed E-state index contributed by atoms with van der Waals surface area (Å²) in [6.45, 7) is 0.573. The van der Waals surface area contributed by atoms with Crippen molar-refractivity contribution in [1.82, 2.24) is 4.90 Å². The molecule has 0 spiro atoms. The van der Waals surface area contributed by atoms with E-state index in [9.17, 15) is 9.59 Å². The maximum absolute atomic E-state index is 11.6. The monoisotopic (exact) mass is 291 g/mol. The van der Waals surface area contributed by atoms with Crippen molar-refractivity contribution < 1.29 is 14.3 Å². The van der Waals surface area contributed by atoms with Gasteiger partial charge in [0.15, 0.2) is 0 Å². The van der Waals surface area contributed by atoms with Crippen LogP contribution in [-0.2, 0) is 16.1 Å². The van der Waals surface area contributed by atoms with Gasteiger partial charge in [0, 0.05) is 31.7 Å². The molecule has 6 nitrogen and oxygen atoms in total. The number of esters is 1. The molecule has 1 aliphatic rings. The van der Waals surface area contributed by atoms with E-state index in [1.165, 1.54) is 7.11 Å². The van der Waals surface area contributed by atoms with Crippen LogP contribution >= 0.6 is 0 Å². The predicted octanol–water partition coefficient (Wildman–Crippen LogP) is 2.01. The highest BCUT2D eigenvalue weighted by Crippen LogP contribution is 2.27. The van der Waals surface area contributed by atoms with Crippen LogP contribution in [0, 0.1) is 0 Å². The molecular weight excluding hydrogens is 270 g/mol. The third-order valence-corrected chi connectivity index (χ3v) is 3.68. The summed E-state index contributed by atoms with van der Waals surface area (Å²) in [5, 5.41) is 2.83. The molecule has 2 rings (SSSR count). The summed E-state index contributed by atoms with van der Waals surface area (Å²) >= 11 is 0. The minimum Gasteiger partial charge on any atom is -0.469 e. The standard InChI is InChI=1S/C15H21N3O3/c1-18-9-11-8-10(6-7-13(11)17-15(18)20)12(16)4-3-5-14(19)21-2/h6-8,12H,3-5,9,16H2,1-2H3,(H,17,20). The van der Waals surface area contributed by atoms with E-state index in [0.29, 0.717) is 19.4 Å². The minimum absolute atomic E-state index is 0.0994. The van der Waals surface area contributed by atoms with E-state index in [1.807, 2.05) is 18.2 Å². The molecule has 1 aromatic carbocycles. The average Bonchev–Trinajstić information content (AvgIpc) is 2.47. The number of urea groups is 1. The summed E-state index contributed by atoms with van der Waals surface area (Å²) in [4.78, 5) is 24.3. The molecule has 21 heavy (non-hydrogen) atoms. The van der Waals surface area contributed by atoms with E-state index in [1.54, 1.807) is 11.9 Å². The van der Waals surface area contributed by atoms with Crippen LogP contribution in [0.3, 0.4) is 0 Å². The number of carbonyl (C=O) groups is 2. The summed E-state index contributed by atoms with van der Waals surface area (Å²) in [6, 6.07) is 5.61.